The van der Waals surface area contributed by atoms with Crippen LogP contribution in [0.25, 0.3) is 10.9 Å². The Morgan fingerprint density at radius 1 is 1.04 bits per heavy atom. The molecule has 0 amide bonds. The number of aromatic nitrogens is 2. The molecule has 1 aromatic heterocycles. The molecule has 0 saturated carbocycles. The van der Waals surface area contributed by atoms with E-state index in [0.29, 0.717) is 15.9 Å². The standard InChI is InChI=1S/C21H24ClN3O3/c1-21(2,28)13-25-18-11-15(22)7-10-17(18)19(26)24(20(25)27)12-14-5-8-16(9-6-14)23(3)4/h5-11,28H,12-13H2,1-4H3. The molecule has 1 heterocycles. The lowest BCUT2D eigenvalue weighted by Crippen LogP contribution is -2.43. The molecule has 6 nitrogen and oxygen atoms in total. The van der Waals surface area contributed by atoms with E-state index in [4.69, 9.17) is 11.6 Å². The van der Waals surface area contributed by atoms with E-state index in [1.54, 1.807) is 32.0 Å². The van der Waals surface area contributed by atoms with Crippen molar-refractivity contribution in [1.82, 2.24) is 9.13 Å². The quantitative estimate of drug-likeness (QED) is 0.713. The summed E-state index contributed by atoms with van der Waals surface area (Å²) < 4.78 is 2.61. The molecule has 0 unspecified atom stereocenters. The number of benzene rings is 2. The Balaban J connectivity index is 2.18. The molecule has 0 atom stereocenters. The lowest BCUT2D eigenvalue weighted by Gasteiger charge is -2.21. The Labute approximate surface area is 168 Å². The molecule has 3 aromatic rings. The predicted molar refractivity (Wildman–Crippen MR) is 114 cm³/mol. The average molecular weight is 402 g/mol. The van der Waals surface area contributed by atoms with Crippen molar-refractivity contribution in [2.45, 2.75) is 32.5 Å². The van der Waals surface area contributed by atoms with Crippen LogP contribution in [0.3, 0.4) is 0 Å². The van der Waals surface area contributed by atoms with Crippen LogP contribution in [0.15, 0.2) is 52.1 Å². The number of nitrogens with zero attached hydrogens (tertiary/aromatic N) is 3. The van der Waals surface area contributed by atoms with Crippen LogP contribution in [0.4, 0.5) is 5.69 Å². The molecule has 28 heavy (non-hydrogen) atoms. The zero-order chi connectivity index (χ0) is 20.6. The lowest BCUT2D eigenvalue weighted by atomic mass is 10.1. The Hall–Kier alpha value is -2.57. The number of hydrogen-bond donors (Lipinski definition) is 1. The van der Waals surface area contributed by atoms with Gasteiger partial charge in [0, 0.05) is 24.8 Å². The van der Waals surface area contributed by atoms with Gasteiger partial charge in [-0.15, -0.1) is 0 Å². The molecule has 0 aliphatic rings. The Bertz CT molecular complexity index is 1120. The molecule has 2 aromatic carbocycles. The summed E-state index contributed by atoms with van der Waals surface area (Å²) in [5.41, 5.74) is 0.314. The van der Waals surface area contributed by atoms with E-state index in [-0.39, 0.29) is 18.6 Å². The molecule has 0 fully saturated rings. The van der Waals surface area contributed by atoms with E-state index in [0.717, 1.165) is 11.3 Å². The zero-order valence-corrected chi connectivity index (χ0v) is 17.2. The molecule has 3 rings (SSSR count). The number of hydrogen-bond acceptors (Lipinski definition) is 4. The van der Waals surface area contributed by atoms with Crippen LogP contribution in [0.1, 0.15) is 19.4 Å². The second-order valence-electron chi connectivity index (χ2n) is 7.79. The van der Waals surface area contributed by atoms with Gasteiger partial charge >= 0.3 is 5.69 Å². The summed E-state index contributed by atoms with van der Waals surface area (Å²) in [4.78, 5) is 28.1. The molecule has 0 aliphatic heterocycles. The molecule has 1 N–H and O–H groups in total. The maximum absolute atomic E-state index is 13.1. The monoisotopic (exact) mass is 401 g/mol. The maximum Gasteiger partial charge on any atom is 0.331 e. The number of aliphatic hydroxyl groups is 1. The minimum atomic E-state index is -1.13. The maximum atomic E-state index is 13.1. The molecule has 148 valence electrons. The highest BCUT2D eigenvalue weighted by Gasteiger charge is 2.20. The van der Waals surface area contributed by atoms with Crippen molar-refractivity contribution >= 4 is 28.2 Å². The summed E-state index contributed by atoms with van der Waals surface area (Å²) in [5.74, 6) is 0. The third-order valence-electron chi connectivity index (χ3n) is 4.53. The van der Waals surface area contributed by atoms with Crippen LogP contribution in [-0.2, 0) is 13.1 Å². The van der Waals surface area contributed by atoms with Gasteiger partial charge in [-0.3, -0.25) is 13.9 Å². The van der Waals surface area contributed by atoms with Crippen LogP contribution in [0, 0.1) is 0 Å². The predicted octanol–water partition coefficient (Wildman–Crippen LogP) is 2.70. The van der Waals surface area contributed by atoms with Gasteiger partial charge in [0.2, 0.25) is 0 Å². The van der Waals surface area contributed by atoms with Gasteiger partial charge < -0.3 is 10.0 Å². The highest BCUT2D eigenvalue weighted by Crippen LogP contribution is 2.18. The molecule has 0 radical (unpaired) electrons. The second kappa shape index (κ2) is 7.45. The lowest BCUT2D eigenvalue weighted by molar-refractivity contribution is 0.0610. The van der Waals surface area contributed by atoms with Gasteiger partial charge in [-0.05, 0) is 49.7 Å². The molecule has 0 aliphatic carbocycles. The van der Waals surface area contributed by atoms with E-state index in [1.165, 1.54) is 9.13 Å². The van der Waals surface area contributed by atoms with Crippen molar-refractivity contribution in [3.63, 3.8) is 0 Å². The topological polar surface area (TPSA) is 67.5 Å². The van der Waals surface area contributed by atoms with Crippen molar-refractivity contribution in [2.24, 2.45) is 0 Å². The Morgan fingerprint density at radius 2 is 1.68 bits per heavy atom. The summed E-state index contributed by atoms with van der Waals surface area (Å²) in [5, 5.41) is 11.1. The number of anilines is 1. The van der Waals surface area contributed by atoms with Crippen molar-refractivity contribution in [3.8, 4) is 0 Å². The first kappa shape index (κ1) is 20.2. The minimum absolute atomic E-state index is 0.0442. The first-order valence-electron chi connectivity index (χ1n) is 8.98. The summed E-state index contributed by atoms with van der Waals surface area (Å²) in [7, 11) is 3.90. The summed E-state index contributed by atoms with van der Waals surface area (Å²) in [6, 6.07) is 12.5. The summed E-state index contributed by atoms with van der Waals surface area (Å²) in [6.07, 6.45) is 0. The number of rotatable bonds is 5. The number of halogens is 1. The minimum Gasteiger partial charge on any atom is -0.389 e. The van der Waals surface area contributed by atoms with Gasteiger partial charge in [-0.2, -0.15) is 0 Å². The van der Waals surface area contributed by atoms with Crippen molar-refractivity contribution in [3.05, 3.63) is 73.9 Å². The smallest absolute Gasteiger partial charge is 0.331 e. The van der Waals surface area contributed by atoms with Crippen LogP contribution in [0.2, 0.25) is 5.02 Å². The van der Waals surface area contributed by atoms with Gasteiger partial charge in [0.15, 0.2) is 0 Å². The SMILES string of the molecule is CN(C)c1ccc(Cn2c(=O)c3ccc(Cl)cc3n(CC(C)(C)O)c2=O)cc1. The molecule has 0 saturated heterocycles. The largest absolute Gasteiger partial charge is 0.389 e. The third-order valence-corrected chi connectivity index (χ3v) is 4.76. The van der Waals surface area contributed by atoms with Crippen molar-refractivity contribution < 1.29 is 5.11 Å². The number of fused-ring (bicyclic) bond motifs is 1. The zero-order valence-electron chi connectivity index (χ0n) is 16.4. The van der Waals surface area contributed by atoms with Gasteiger partial charge in [0.05, 0.1) is 29.6 Å². The van der Waals surface area contributed by atoms with Crippen LogP contribution in [0.5, 0.6) is 0 Å². The van der Waals surface area contributed by atoms with E-state index in [1.807, 2.05) is 43.3 Å². The van der Waals surface area contributed by atoms with Crippen molar-refractivity contribution in [2.75, 3.05) is 19.0 Å². The Morgan fingerprint density at radius 3 is 2.25 bits per heavy atom. The van der Waals surface area contributed by atoms with Gasteiger partial charge in [0.1, 0.15) is 0 Å². The molecular weight excluding hydrogens is 378 g/mol. The summed E-state index contributed by atoms with van der Waals surface area (Å²) >= 11 is 6.09. The van der Waals surface area contributed by atoms with E-state index >= 15 is 0 Å². The molecular formula is C21H24ClN3O3. The fraction of sp³-hybridized carbons (Fsp3) is 0.333. The molecule has 7 heteroatoms. The molecule has 0 spiro atoms. The van der Waals surface area contributed by atoms with Crippen molar-refractivity contribution in [1.29, 1.82) is 0 Å². The van der Waals surface area contributed by atoms with E-state index in [2.05, 4.69) is 0 Å². The second-order valence-corrected chi connectivity index (χ2v) is 8.23. The highest BCUT2D eigenvalue weighted by molar-refractivity contribution is 6.31. The van der Waals surface area contributed by atoms with Crippen LogP contribution >= 0.6 is 11.6 Å². The normalized spacial score (nSPS) is 11.8. The van der Waals surface area contributed by atoms with E-state index < -0.39 is 11.3 Å². The fourth-order valence-electron chi connectivity index (χ4n) is 3.15. The van der Waals surface area contributed by atoms with Gasteiger partial charge in [-0.25, -0.2) is 4.79 Å². The first-order chi connectivity index (χ1) is 13.1. The van der Waals surface area contributed by atoms with Gasteiger partial charge in [0.25, 0.3) is 5.56 Å². The Kier molecular flexibility index (Phi) is 5.37. The van der Waals surface area contributed by atoms with Crippen LogP contribution < -0.4 is 16.1 Å². The third kappa shape index (κ3) is 4.13. The van der Waals surface area contributed by atoms with E-state index in [9.17, 15) is 14.7 Å². The summed E-state index contributed by atoms with van der Waals surface area (Å²) in [6.45, 7) is 3.43. The van der Waals surface area contributed by atoms with Crippen LogP contribution in [-0.4, -0.2) is 33.9 Å². The molecule has 0 bridgehead atoms. The van der Waals surface area contributed by atoms with Gasteiger partial charge in [-0.1, -0.05) is 23.7 Å². The highest BCUT2D eigenvalue weighted by atomic mass is 35.5. The fourth-order valence-corrected chi connectivity index (χ4v) is 3.32. The average Bonchev–Trinajstić information content (AvgIpc) is 2.61. The first-order valence-corrected chi connectivity index (χ1v) is 9.36.